The van der Waals surface area contributed by atoms with Gasteiger partial charge in [0.2, 0.25) is 15.9 Å². The molecule has 176 valence electrons. The van der Waals surface area contributed by atoms with E-state index in [0.29, 0.717) is 31.0 Å². The molecule has 8 nitrogen and oxygen atoms in total. The molecule has 2 aromatic carbocycles. The van der Waals surface area contributed by atoms with Crippen molar-refractivity contribution in [3.8, 4) is 0 Å². The van der Waals surface area contributed by atoms with Crippen molar-refractivity contribution >= 4 is 21.9 Å². The highest BCUT2D eigenvalue weighted by atomic mass is 32.2. The minimum Gasteiger partial charge on any atom is -0.407 e. The van der Waals surface area contributed by atoms with Gasteiger partial charge in [-0.15, -0.1) is 5.10 Å². The SMILES string of the molecule is CCCN(CCC)S(=O)(=O)c1ccc(C(=O)Nc2nnc(Cc3ccc(C)c(C)c3)o2)cc1. The third-order valence-electron chi connectivity index (χ3n) is 5.31. The van der Waals surface area contributed by atoms with Gasteiger partial charge in [0.25, 0.3) is 5.91 Å². The number of carbonyl (C=O) groups excluding carboxylic acids is 1. The van der Waals surface area contributed by atoms with E-state index in [-0.39, 0.29) is 10.9 Å². The molecule has 3 rings (SSSR count). The van der Waals surface area contributed by atoms with Gasteiger partial charge < -0.3 is 4.42 Å². The van der Waals surface area contributed by atoms with Crippen LogP contribution < -0.4 is 5.32 Å². The van der Waals surface area contributed by atoms with Crippen molar-refractivity contribution in [3.63, 3.8) is 0 Å². The largest absolute Gasteiger partial charge is 0.407 e. The monoisotopic (exact) mass is 470 g/mol. The highest BCUT2D eigenvalue weighted by Gasteiger charge is 2.23. The number of rotatable bonds is 10. The van der Waals surface area contributed by atoms with Crippen molar-refractivity contribution in [2.24, 2.45) is 0 Å². The lowest BCUT2D eigenvalue weighted by atomic mass is 10.0. The number of anilines is 1. The molecule has 1 aromatic heterocycles. The number of nitrogens with zero attached hydrogens (tertiary/aromatic N) is 3. The third kappa shape index (κ3) is 6.06. The van der Waals surface area contributed by atoms with Crippen molar-refractivity contribution in [2.45, 2.75) is 51.9 Å². The summed E-state index contributed by atoms with van der Waals surface area (Å²) in [4.78, 5) is 12.7. The summed E-state index contributed by atoms with van der Waals surface area (Å²) in [6.07, 6.45) is 1.92. The predicted octanol–water partition coefficient (Wildman–Crippen LogP) is 4.34. The molecule has 0 bridgehead atoms. The normalized spacial score (nSPS) is 11.7. The molecule has 33 heavy (non-hydrogen) atoms. The van der Waals surface area contributed by atoms with Crippen LogP contribution in [0.15, 0.2) is 51.8 Å². The zero-order chi connectivity index (χ0) is 24.0. The van der Waals surface area contributed by atoms with Crippen molar-refractivity contribution in [2.75, 3.05) is 18.4 Å². The molecule has 0 aliphatic carbocycles. The van der Waals surface area contributed by atoms with Crippen molar-refractivity contribution in [1.82, 2.24) is 14.5 Å². The van der Waals surface area contributed by atoms with Gasteiger partial charge in [-0.2, -0.15) is 4.31 Å². The summed E-state index contributed by atoms with van der Waals surface area (Å²) < 4.78 is 32.8. The van der Waals surface area contributed by atoms with Gasteiger partial charge in [-0.3, -0.25) is 10.1 Å². The van der Waals surface area contributed by atoms with E-state index in [1.165, 1.54) is 39.7 Å². The van der Waals surface area contributed by atoms with Crippen LogP contribution in [-0.4, -0.2) is 41.9 Å². The number of carbonyl (C=O) groups is 1. The molecule has 3 aromatic rings. The molecule has 0 saturated heterocycles. The van der Waals surface area contributed by atoms with E-state index in [9.17, 15) is 13.2 Å². The maximum atomic E-state index is 12.9. The number of nitrogens with one attached hydrogen (secondary N) is 1. The van der Waals surface area contributed by atoms with E-state index in [1.807, 2.05) is 39.8 Å². The first-order valence-corrected chi connectivity index (χ1v) is 12.5. The molecule has 0 aliphatic rings. The first-order valence-electron chi connectivity index (χ1n) is 11.0. The number of aryl methyl sites for hydroxylation is 2. The van der Waals surface area contributed by atoms with Crippen molar-refractivity contribution < 1.29 is 17.6 Å². The Labute approximate surface area is 195 Å². The number of aromatic nitrogens is 2. The second-order valence-electron chi connectivity index (χ2n) is 7.98. The van der Waals surface area contributed by atoms with Crippen LogP contribution >= 0.6 is 0 Å². The molecule has 1 N–H and O–H groups in total. The summed E-state index contributed by atoms with van der Waals surface area (Å²) in [5.41, 5.74) is 3.72. The second-order valence-corrected chi connectivity index (χ2v) is 9.92. The van der Waals surface area contributed by atoms with Gasteiger partial charge in [0, 0.05) is 18.7 Å². The van der Waals surface area contributed by atoms with E-state index >= 15 is 0 Å². The van der Waals surface area contributed by atoms with Gasteiger partial charge in [-0.05, 0) is 67.6 Å². The molecular weight excluding hydrogens is 440 g/mol. The van der Waals surface area contributed by atoms with Crippen LogP contribution in [0.4, 0.5) is 6.01 Å². The Morgan fingerprint density at radius 1 is 0.970 bits per heavy atom. The predicted molar refractivity (Wildman–Crippen MR) is 127 cm³/mol. The molecule has 0 spiro atoms. The first-order chi connectivity index (χ1) is 15.7. The Morgan fingerprint density at radius 3 is 2.24 bits per heavy atom. The Hall–Kier alpha value is -3.04. The minimum absolute atomic E-state index is 0.00685. The standard InChI is InChI=1S/C24H30N4O4S/c1-5-13-28(14-6-2)33(30,31)21-11-9-20(10-12-21)23(29)25-24-27-26-22(32-24)16-19-8-7-17(3)18(4)15-19/h7-12,15H,5-6,13-14,16H2,1-4H3,(H,25,27,29). The number of amides is 1. The summed E-state index contributed by atoms with van der Waals surface area (Å²) >= 11 is 0. The van der Waals surface area contributed by atoms with Gasteiger partial charge in [-0.1, -0.05) is 37.1 Å². The van der Waals surface area contributed by atoms with Crippen molar-refractivity contribution in [3.05, 3.63) is 70.6 Å². The number of sulfonamides is 1. The third-order valence-corrected chi connectivity index (χ3v) is 7.23. The Kier molecular flexibility index (Phi) is 7.99. The molecular formula is C24H30N4O4S. The van der Waals surface area contributed by atoms with Gasteiger partial charge >= 0.3 is 6.01 Å². The van der Waals surface area contributed by atoms with Gasteiger partial charge in [-0.25, -0.2) is 8.42 Å². The number of hydrogen-bond donors (Lipinski definition) is 1. The van der Waals surface area contributed by atoms with Crippen LogP contribution in [0.25, 0.3) is 0 Å². The zero-order valence-corrected chi connectivity index (χ0v) is 20.3. The summed E-state index contributed by atoms with van der Waals surface area (Å²) in [6.45, 7) is 8.89. The topological polar surface area (TPSA) is 105 Å². The fraction of sp³-hybridized carbons (Fsp3) is 0.375. The average molecular weight is 471 g/mol. The van der Waals surface area contributed by atoms with Gasteiger partial charge in [0.05, 0.1) is 11.3 Å². The van der Waals surface area contributed by atoms with E-state index < -0.39 is 15.9 Å². The molecule has 1 heterocycles. The number of hydrogen-bond acceptors (Lipinski definition) is 6. The zero-order valence-electron chi connectivity index (χ0n) is 19.5. The van der Waals surface area contributed by atoms with Gasteiger partial charge in [0.1, 0.15) is 0 Å². The van der Waals surface area contributed by atoms with E-state index in [0.717, 1.165) is 18.4 Å². The molecule has 9 heteroatoms. The lowest BCUT2D eigenvalue weighted by molar-refractivity contribution is 0.102. The van der Waals surface area contributed by atoms with Crippen LogP contribution in [0.1, 0.15) is 59.6 Å². The Bertz CT molecular complexity index is 1200. The van der Waals surface area contributed by atoms with Crippen LogP contribution in [0, 0.1) is 13.8 Å². The lowest BCUT2D eigenvalue weighted by Crippen LogP contribution is -2.32. The number of benzene rings is 2. The van der Waals surface area contributed by atoms with Gasteiger partial charge in [0.15, 0.2) is 0 Å². The summed E-state index contributed by atoms with van der Waals surface area (Å²) in [7, 11) is -3.60. The van der Waals surface area contributed by atoms with E-state index in [2.05, 4.69) is 21.6 Å². The maximum absolute atomic E-state index is 12.9. The van der Waals surface area contributed by atoms with E-state index in [4.69, 9.17) is 4.42 Å². The molecule has 0 unspecified atom stereocenters. The summed E-state index contributed by atoms with van der Waals surface area (Å²) in [6, 6.07) is 11.9. The minimum atomic E-state index is -3.60. The average Bonchev–Trinajstić information content (AvgIpc) is 3.22. The molecule has 1 amide bonds. The van der Waals surface area contributed by atoms with Crippen LogP contribution in [0.2, 0.25) is 0 Å². The van der Waals surface area contributed by atoms with Crippen molar-refractivity contribution in [1.29, 1.82) is 0 Å². The maximum Gasteiger partial charge on any atom is 0.322 e. The lowest BCUT2D eigenvalue weighted by Gasteiger charge is -2.21. The Balaban J connectivity index is 1.67. The molecule has 0 saturated carbocycles. The second kappa shape index (κ2) is 10.7. The fourth-order valence-electron chi connectivity index (χ4n) is 3.41. The Morgan fingerprint density at radius 2 is 1.64 bits per heavy atom. The molecule has 0 aliphatic heterocycles. The van der Waals surface area contributed by atoms with Crippen LogP contribution in [0.5, 0.6) is 0 Å². The molecule has 0 atom stereocenters. The highest BCUT2D eigenvalue weighted by Crippen LogP contribution is 2.19. The quantitative estimate of drug-likeness (QED) is 0.472. The molecule has 0 fully saturated rings. The summed E-state index contributed by atoms with van der Waals surface area (Å²) in [5, 5.41) is 10.4. The van der Waals surface area contributed by atoms with Crippen LogP contribution in [-0.2, 0) is 16.4 Å². The summed E-state index contributed by atoms with van der Waals surface area (Å²) in [5.74, 6) is -0.0683. The van der Waals surface area contributed by atoms with E-state index in [1.54, 1.807) is 0 Å². The fourth-order valence-corrected chi connectivity index (χ4v) is 5.04. The smallest absolute Gasteiger partial charge is 0.322 e. The van der Waals surface area contributed by atoms with Crippen LogP contribution in [0.3, 0.4) is 0 Å². The molecule has 0 radical (unpaired) electrons. The highest BCUT2D eigenvalue weighted by molar-refractivity contribution is 7.89. The first kappa shape index (κ1) is 24.6.